The number of anilines is 1. The van der Waals surface area contributed by atoms with E-state index in [4.69, 9.17) is 4.74 Å². The average Bonchev–Trinajstić information content (AvgIpc) is 3.16. The van der Waals surface area contributed by atoms with Gasteiger partial charge in [0, 0.05) is 55.7 Å². The lowest BCUT2D eigenvalue weighted by molar-refractivity contribution is 0.0525. The van der Waals surface area contributed by atoms with Gasteiger partial charge in [0.1, 0.15) is 0 Å². The molecule has 1 aliphatic heterocycles. The Labute approximate surface area is 196 Å². The quantitative estimate of drug-likeness (QED) is 0.490. The van der Waals surface area contributed by atoms with Crippen molar-refractivity contribution >= 4 is 22.8 Å². The Morgan fingerprint density at radius 1 is 1.18 bits per heavy atom. The number of carbonyl (C=O) groups excluding carboxylic acids is 1. The van der Waals surface area contributed by atoms with Crippen molar-refractivity contribution in [1.29, 1.82) is 0 Å². The molecule has 0 atom stereocenters. The fraction of sp³-hybridized carbons (Fsp3) is 0.500. The van der Waals surface area contributed by atoms with E-state index in [1.165, 1.54) is 22.0 Å². The highest BCUT2D eigenvalue weighted by atomic mass is 16.5. The number of ether oxygens (including phenoxy) is 1. The number of nitrogens with one attached hydrogen (secondary N) is 1. The van der Waals surface area contributed by atoms with Gasteiger partial charge >= 0.3 is 5.97 Å². The van der Waals surface area contributed by atoms with Crippen molar-refractivity contribution in [2.24, 2.45) is 5.92 Å². The Kier molecular flexibility index (Phi) is 7.60. The second-order valence-electron chi connectivity index (χ2n) is 8.92. The van der Waals surface area contributed by atoms with Crippen molar-refractivity contribution in [3.8, 4) is 0 Å². The van der Waals surface area contributed by atoms with Crippen LogP contribution < -0.4 is 10.2 Å². The van der Waals surface area contributed by atoms with Gasteiger partial charge in [0.15, 0.2) is 0 Å². The monoisotopic (exact) mass is 449 g/mol. The number of piperidine rings is 1. The lowest BCUT2D eigenvalue weighted by atomic mass is 9.97. The predicted molar refractivity (Wildman–Crippen MR) is 132 cm³/mol. The van der Waals surface area contributed by atoms with Crippen LogP contribution in [0.5, 0.6) is 0 Å². The van der Waals surface area contributed by atoms with Gasteiger partial charge in [0.2, 0.25) is 5.95 Å². The van der Waals surface area contributed by atoms with E-state index in [2.05, 4.69) is 63.0 Å². The molecule has 1 aromatic carbocycles. The van der Waals surface area contributed by atoms with Gasteiger partial charge in [-0.25, -0.2) is 14.8 Å². The van der Waals surface area contributed by atoms with Gasteiger partial charge in [-0.15, -0.1) is 0 Å². The average molecular weight is 450 g/mol. The molecule has 4 rings (SSSR count). The molecule has 0 unspecified atom stereocenters. The van der Waals surface area contributed by atoms with Crippen LogP contribution in [-0.2, 0) is 17.8 Å². The summed E-state index contributed by atoms with van der Waals surface area (Å²) in [5.74, 6) is 0.959. The van der Waals surface area contributed by atoms with E-state index in [0.29, 0.717) is 24.0 Å². The standard InChI is InChI=1S/C26H35N5O2/c1-4-10-31-18-22(23-13-19(3)6-7-24(23)31)15-27-14-20-8-11-30(12-9-20)26-28-16-21(17-29-26)25(32)33-5-2/h6-7,13,16-18,20,27H,4-5,8-12,14-15H2,1-3H3. The number of nitrogens with zero attached hydrogens (tertiary/aromatic N) is 4. The summed E-state index contributed by atoms with van der Waals surface area (Å²) in [6.45, 7) is 11.4. The molecular weight excluding hydrogens is 414 g/mol. The second kappa shape index (κ2) is 10.8. The van der Waals surface area contributed by atoms with Crippen molar-refractivity contribution in [3.63, 3.8) is 0 Å². The number of rotatable bonds is 9. The maximum absolute atomic E-state index is 11.8. The first-order valence-electron chi connectivity index (χ1n) is 12.1. The van der Waals surface area contributed by atoms with Crippen LogP contribution in [0, 0.1) is 12.8 Å². The first-order chi connectivity index (χ1) is 16.1. The van der Waals surface area contributed by atoms with Gasteiger partial charge in [-0.05, 0) is 63.3 Å². The highest BCUT2D eigenvalue weighted by Gasteiger charge is 2.21. The van der Waals surface area contributed by atoms with E-state index in [1.54, 1.807) is 19.3 Å². The normalized spacial score (nSPS) is 14.7. The molecule has 2 aromatic heterocycles. The molecule has 1 N–H and O–H groups in total. The van der Waals surface area contributed by atoms with Crippen molar-refractivity contribution < 1.29 is 9.53 Å². The van der Waals surface area contributed by atoms with Crippen molar-refractivity contribution in [3.05, 3.63) is 53.5 Å². The zero-order chi connectivity index (χ0) is 23.2. The minimum atomic E-state index is -0.373. The summed E-state index contributed by atoms with van der Waals surface area (Å²) in [4.78, 5) is 22.7. The lowest BCUT2D eigenvalue weighted by Gasteiger charge is -2.32. The summed E-state index contributed by atoms with van der Waals surface area (Å²) in [5.41, 5.74) is 4.43. The first kappa shape index (κ1) is 23.2. The molecule has 1 saturated heterocycles. The smallest absolute Gasteiger partial charge is 0.341 e. The molecule has 0 spiro atoms. The Morgan fingerprint density at radius 3 is 2.64 bits per heavy atom. The van der Waals surface area contributed by atoms with Crippen LogP contribution >= 0.6 is 0 Å². The SMILES string of the molecule is CCCn1cc(CNCC2CCN(c3ncc(C(=O)OCC)cn3)CC2)c2cc(C)ccc21. The molecule has 1 aliphatic rings. The minimum absolute atomic E-state index is 0.350. The molecule has 3 heterocycles. The van der Waals surface area contributed by atoms with E-state index in [9.17, 15) is 4.79 Å². The predicted octanol–water partition coefficient (Wildman–Crippen LogP) is 4.33. The van der Waals surface area contributed by atoms with Crippen molar-refractivity contribution in [2.75, 3.05) is 31.1 Å². The summed E-state index contributed by atoms with van der Waals surface area (Å²) in [6.07, 6.45) is 8.79. The summed E-state index contributed by atoms with van der Waals surface area (Å²) in [7, 11) is 0. The number of benzene rings is 1. The van der Waals surface area contributed by atoms with E-state index < -0.39 is 0 Å². The lowest BCUT2D eigenvalue weighted by Crippen LogP contribution is -2.38. The van der Waals surface area contributed by atoms with Gasteiger partial charge in [0.25, 0.3) is 0 Å². The number of aryl methyl sites for hydroxylation is 2. The van der Waals surface area contributed by atoms with E-state index in [-0.39, 0.29) is 5.97 Å². The summed E-state index contributed by atoms with van der Waals surface area (Å²) in [5, 5.41) is 5.08. The number of carbonyl (C=O) groups is 1. The third kappa shape index (κ3) is 5.53. The highest BCUT2D eigenvalue weighted by molar-refractivity contribution is 5.88. The molecule has 0 saturated carbocycles. The van der Waals surface area contributed by atoms with E-state index in [1.807, 2.05) is 0 Å². The molecule has 176 valence electrons. The first-order valence-corrected chi connectivity index (χ1v) is 12.1. The number of fused-ring (bicyclic) bond motifs is 1. The van der Waals surface area contributed by atoms with E-state index >= 15 is 0 Å². The molecule has 33 heavy (non-hydrogen) atoms. The molecule has 0 aliphatic carbocycles. The summed E-state index contributed by atoms with van der Waals surface area (Å²) < 4.78 is 7.39. The van der Waals surface area contributed by atoms with E-state index in [0.717, 1.165) is 52.0 Å². The maximum Gasteiger partial charge on any atom is 0.341 e. The van der Waals surface area contributed by atoms with Crippen LogP contribution in [0.2, 0.25) is 0 Å². The number of hydrogen-bond donors (Lipinski definition) is 1. The molecule has 7 nitrogen and oxygen atoms in total. The molecule has 3 aromatic rings. The number of esters is 1. The second-order valence-corrected chi connectivity index (χ2v) is 8.92. The third-order valence-corrected chi connectivity index (χ3v) is 6.38. The third-order valence-electron chi connectivity index (χ3n) is 6.38. The molecule has 1 fully saturated rings. The largest absolute Gasteiger partial charge is 0.462 e. The Hall–Kier alpha value is -2.93. The van der Waals surface area contributed by atoms with Crippen LogP contribution in [0.4, 0.5) is 5.95 Å². The highest BCUT2D eigenvalue weighted by Crippen LogP contribution is 2.24. The minimum Gasteiger partial charge on any atom is -0.462 e. The summed E-state index contributed by atoms with van der Waals surface area (Å²) >= 11 is 0. The fourth-order valence-corrected chi connectivity index (χ4v) is 4.60. The Balaban J connectivity index is 1.28. The Bertz CT molecular complexity index is 1070. The van der Waals surface area contributed by atoms with Crippen LogP contribution in [0.25, 0.3) is 10.9 Å². The maximum atomic E-state index is 11.8. The van der Waals surface area contributed by atoms with Gasteiger partial charge < -0.3 is 19.5 Å². The number of aromatic nitrogens is 3. The van der Waals surface area contributed by atoms with Gasteiger partial charge in [-0.1, -0.05) is 18.6 Å². The zero-order valence-electron chi connectivity index (χ0n) is 20.0. The Morgan fingerprint density at radius 2 is 1.94 bits per heavy atom. The van der Waals surface area contributed by atoms with Crippen molar-refractivity contribution in [1.82, 2.24) is 19.9 Å². The van der Waals surface area contributed by atoms with Crippen LogP contribution in [-0.4, -0.2) is 46.7 Å². The fourth-order valence-electron chi connectivity index (χ4n) is 4.60. The van der Waals surface area contributed by atoms with Gasteiger partial charge in [-0.3, -0.25) is 0 Å². The topological polar surface area (TPSA) is 72.3 Å². The van der Waals surface area contributed by atoms with Crippen LogP contribution in [0.3, 0.4) is 0 Å². The van der Waals surface area contributed by atoms with Gasteiger partial charge in [-0.2, -0.15) is 0 Å². The molecule has 7 heteroatoms. The molecule has 0 bridgehead atoms. The van der Waals surface area contributed by atoms with Crippen molar-refractivity contribution in [2.45, 2.75) is 53.1 Å². The molecular formula is C26H35N5O2. The van der Waals surface area contributed by atoms with Crippen LogP contribution in [0.15, 0.2) is 36.8 Å². The summed E-state index contributed by atoms with van der Waals surface area (Å²) in [6, 6.07) is 6.76. The zero-order valence-corrected chi connectivity index (χ0v) is 20.0. The van der Waals surface area contributed by atoms with Crippen LogP contribution in [0.1, 0.15) is 54.6 Å². The molecule has 0 amide bonds. The van der Waals surface area contributed by atoms with Gasteiger partial charge in [0.05, 0.1) is 12.2 Å². The number of hydrogen-bond acceptors (Lipinski definition) is 6. The molecule has 0 radical (unpaired) electrons.